The number of carbonyl (C=O) groups excluding carboxylic acids is 4. The van der Waals surface area contributed by atoms with Gasteiger partial charge in [0.1, 0.15) is 18.3 Å². The largest absolute Gasteiger partial charge is 0.460 e. The number of rotatable bonds is 10. The Hall–Kier alpha value is -4.06. The average Bonchev–Trinajstić information content (AvgIpc) is 3.02. The second-order valence-electron chi connectivity index (χ2n) is 13.2. The van der Waals surface area contributed by atoms with Gasteiger partial charge in [-0.25, -0.2) is 8.78 Å². The van der Waals surface area contributed by atoms with Gasteiger partial charge in [-0.15, -0.1) is 0 Å². The van der Waals surface area contributed by atoms with Gasteiger partial charge in [0, 0.05) is 64.3 Å². The highest BCUT2D eigenvalue weighted by Crippen LogP contribution is 2.30. The summed E-state index contributed by atoms with van der Waals surface area (Å²) < 4.78 is 35.7. The first kappa shape index (κ1) is 33.3. The number of nitrogens with zero attached hydrogens (tertiary/aromatic N) is 3. The topological polar surface area (TPSA) is 111 Å². The standard InChI is InChI=1S/C34H43F2N5O5/c1-34(2,33(45)46-22-24-6-4-3-5-7-24)20-30(43)40-12-10-23(11-13-40)21-39-14-16-41(17-15-39)31-26(35)18-25(19-27(31)36)37-28-8-9-29(42)38-32(28)44/h3-7,18-19,23,28,37H,8-17,20-22H2,1-2H3,(H,38,42,44). The van der Waals surface area contributed by atoms with Crippen molar-refractivity contribution in [2.24, 2.45) is 11.3 Å². The predicted molar refractivity (Wildman–Crippen MR) is 169 cm³/mol. The van der Waals surface area contributed by atoms with E-state index in [0.29, 0.717) is 45.2 Å². The minimum Gasteiger partial charge on any atom is -0.460 e. The molecule has 12 heteroatoms. The van der Waals surface area contributed by atoms with Gasteiger partial charge in [0.05, 0.1) is 5.41 Å². The molecule has 3 aliphatic rings. The van der Waals surface area contributed by atoms with Crippen LogP contribution in [0.4, 0.5) is 20.2 Å². The molecule has 3 amide bonds. The number of benzene rings is 2. The molecule has 46 heavy (non-hydrogen) atoms. The van der Waals surface area contributed by atoms with Crippen molar-refractivity contribution in [1.29, 1.82) is 0 Å². The molecule has 0 spiro atoms. The number of esters is 1. The van der Waals surface area contributed by atoms with E-state index in [0.717, 1.165) is 24.9 Å². The maximum Gasteiger partial charge on any atom is 0.312 e. The summed E-state index contributed by atoms with van der Waals surface area (Å²) in [6, 6.07) is 11.1. The van der Waals surface area contributed by atoms with Gasteiger partial charge in [-0.2, -0.15) is 0 Å². The number of ether oxygens (including phenoxy) is 1. The molecule has 0 aliphatic carbocycles. The minimum atomic E-state index is -0.925. The highest BCUT2D eigenvalue weighted by Gasteiger charge is 2.35. The van der Waals surface area contributed by atoms with Crippen LogP contribution in [0.3, 0.4) is 0 Å². The maximum atomic E-state index is 15.1. The number of amides is 3. The van der Waals surface area contributed by atoms with E-state index in [9.17, 15) is 19.2 Å². The van der Waals surface area contributed by atoms with Crippen LogP contribution in [0, 0.1) is 23.0 Å². The van der Waals surface area contributed by atoms with Crippen LogP contribution in [0.25, 0.3) is 0 Å². The molecule has 2 N–H and O–H groups in total. The zero-order valence-corrected chi connectivity index (χ0v) is 26.5. The number of piperazine rings is 1. The first-order valence-corrected chi connectivity index (χ1v) is 16.0. The molecule has 1 atom stereocenters. The Morgan fingerprint density at radius 3 is 2.24 bits per heavy atom. The van der Waals surface area contributed by atoms with Crippen molar-refractivity contribution < 1.29 is 32.7 Å². The number of nitrogens with one attached hydrogen (secondary N) is 2. The van der Waals surface area contributed by atoms with Gasteiger partial charge < -0.3 is 19.9 Å². The number of hydrogen-bond acceptors (Lipinski definition) is 8. The average molecular weight is 640 g/mol. The second-order valence-corrected chi connectivity index (χ2v) is 13.2. The van der Waals surface area contributed by atoms with E-state index in [1.165, 1.54) is 12.1 Å². The maximum absolute atomic E-state index is 15.1. The zero-order valence-electron chi connectivity index (χ0n) is 26.5. The number of imide groups is 1. The number of halogens is 2. The lowest BCUT2D eigenvalue weighted by molar-refractivity contribution is -0.159. The summed E-state index contributed by atoms with van der Waals surface area (Å²) in [4.78, 5) is 55.0. The van der Waals surface area contributed by atoms with E-state index in [1.54, 1.807) is 18.7 Å². The Labute approximate surface area is 268 Å². The molecule has 0 saturated carbocycles. The molecule has 3 heterocycles. The summed E-state index contributed by atoms with van der Waals surface area (Å²) in [6.45, 7) is 8.05. The molecule has 3 saturated heterocycles. The third-order valence-corrected chi connectivity index (χ3v) is 9.13. The van der Waals surface area contributed by atoms with E-state index < -0.39 is 35.0 Å². The molecular formula is C34H43F2N5O5. The van der Waals surface area contributed by atoms with Crippen molar-refractivity contribution in [3.63, 3.8) is 0 Å². The quantitative estimate of drug-likeness (QED) is 0.299. The SMILES string of the molecule is CC(C)(CC(=O)N1CCC(CN2CCN(c3c(F)cc(NC4CCC(=O)NC4=O)cc3F)CC2)CC1)C(=O)OCc1ccccc1. The number of anilines is 2. The van der Waals surface area contributed by atoms with Crippen molar-refractivity contribution >= 4 is 35.1 Å². The van der Waals surface area contributed by atoms with Crippen molar-refractivity contribution in [2.75, 3.05) is 56.0 Å². The normalized spacial score (nSPS) is 20.0. The van der Waals surface area contributed by atoms with E-state index >= 15 is 8.78 Å². The Morgan fingerprint density at radius 2 is 1.61 bits per heavy atom. The van der Waals surface area contributed by atoms with Crippen LogP contribution in [-0.4, -0.2) is 85.3 Å². The second kappa shape index (κ2) is 14.6. The zero-order chi connectivity index (χ0) is 32.8. The van der Waals surface area contributed by atoms with E-state index in [2.05, 4.69) is 15.5 Å². The summed E-state index contributed by atoms with van der Waals surface area (Å²) in [5, 5.41) is 5.06. The fourth-order valence-corrected chi connectivity index (χ4v) is 6.35. The lowest BCUT2D eigenvalue weighted by Gasteiger charge is -2.40. The fourth-order valence-electron chi connectivity index (χ4n) is 6.35. The van der Waals surface area contributed by atoms with Gasteiger partial charge in [-0.1, -0.05) is 30.3 Å². The van der Waals surface area contributed by atoms with E-state index in [-0.39, 0.29) is 49.1 Å². The lowest BCUT2D eigenvalue weighted by atomic mass is 9.88. The van der Waals surface area contributed by atoms with Gasteiger partial charge in [-0.05, 0) is 56.7 Å². The molecule has 10 nitrogen and oxygen atoms in total. The summed E-state index contributed by atoms with van der Waals surface area (Å²) in [5.74, 6) is -2.29. The van der Waals surface area contributed by atoms with Gasteiger partial charge >= 0.3 is 5.97 Å². The van der Waals surface area contributed by atoms with Crippen LogP contribution in [0.5, 0.6) is 0 Å². The van der Waals surface area contributed by atoms with Crippen LogP contribution in [0.15, 0.2) is 42.5 Å². The van der Waals surface area contributed by atoms with Crippen molar-refractivity contribution in [3.05, 3.63) is 59.7 Å². The third kappa shape index (κ3) is 8.39. The first-order valence-electron chi connectivity index (χ1n) is 16.0. The molecule has 0 aromatic heterocycles. The van der Waals surface area contributed by atoms with Gasteiger partial charge in [0.2, 0.25) is 17.7 Å². The Bertz CT molecular complexity index is 1400. The molecule has 2 aromatic rings. The van der Waals surface area contributed by atoms with Crippen LogP contribution in [0.1, 0.15) is 51.5 Å². The molecule has 5 rings (SSSR count). The number of piperidine rings is 2. The van der Waals surface area contributed by atoms with Crippen molar-refractivity contribution in [1.82, 2.24) is 15.1 Å². The van der Waals surface area contributed by atoms with Crippen molar-refractivity contribution in [2.45, 2.75) is 58.6 Å². The van der Waals surface area contributed by atoms with E-state index in [4.69, 9.17) is 4.74 Å². The smallest absolute Gasteiger partial charge is 0.312 e. The lowest BCUT2D eigenvalue weighted by Crippen LogP contribution is -2.50. The van der Waals surface area contributed by atoms with Crippen LogP contribution in [-0.2, 0) is 30.5 Å². The van der Waals surface area contributed by atoms with Crippen LogP contribution >= 0.6 is 0 Å². The van der Waals surface area contributed by atoms with Crippen molar-refractivity contribution in [3.8, 4) is 0 Å². The molecule has 0 radical (unpaired) electrons. The molecule has 3 fully saturated rings. The summed E-state index contributed by atoms with van der Waals surface area (Å²) in [6.07, 6.45) is 2.23. The molecule has 1 unspecified atom stereocenters. The number of carbonyl (C=O) groups is 4. The monoisotopic (exact) mass is 639 g/mol. The summed E-state index contributed by atoms with van der Waals surface area (Å²) in [5.41, 5.74) is 0.0533. The third-order valence-electron chi connectivity index (χ3n) is 9.13. The summed E-state index contributed by atoms with van der Waals surface area (Å²) >= 11 is 0. The number of hydrogen-bond donors (Lipinski definition) is 2. The summed E-state index contributed by atoms with van der Waals surface area (Å²) in [7, 11) is 0. The number of likely N-dealkylation sites (tertiary alicyclic amines) is 1. The molecule has 3 aliphatic heterocycles. The van der Waals surface area contributed by atoms with Gasteiger partial charge in [-0.3, -0.25) is 29.4 Å². The molecule has 0 bridgehead atoms. The Morgan fingerprint density at radius 1 is 0.957 bits per heavy atom. The van der Waals surface area contributed by atoms with Gasteiger partial charge in [0.15, 0.2) is 11.6 Å². The highest BCUT2D eigenvalue weighted by molar-refractivity contribution is 6.01. The first-order chi connectivity index (χ1) is 22.0. The highest BCUT2D eigenvalue weighted by atomic mass is 19.1. The molecule has 2 aromatic carbocycles. The van der Waals surface area contributed by atoms with E-state index in [1.807, 2.05) is 35.2 Å². The molecule has 248 valence electrons. The minimum absolute atomic E-state index is 0.0453. The molecular weight excluding hydrogens is 596 g/mol. The Balaban J connectivity index is 1.04. The predicted octanol–water partition coefficient (Wildman–Crippen LogP) is 3.70. The fraction of sp³-hybridized carbons (Fsp3) is 0.529. The van der Waals surface area contributed by atoms with Gasteiger partial charge in [0.25, 0.3) is 0 Å². The Kier molecular flexibility index (Phi) is 10.6. The van der Waals surface area contributed by atoms with Crippen LogP contribution in [0.2, 0.25) is 0 Å². The van der Waals surface area contributed by atoms with Crippen LogP contribution < -0.4 is 15.5 Å².